The number of nitro groups is 1. The molecule has 17 heavy (non-hydrogen) atoms. The summed E-state index contributed by atoms with van der Waals surface area (Å²) >= 11 is 0. The second kappa shape index (κ2) is 6.06. The summed E-state index contributed by atoms with van der Waals surface area (Å²) in [6, 6.07) is 0. The molecule has 94 valence electrons. The largest absolute Gasteiger partial charge is 0.390 e. The summed E-state index contributed by atoms with van der Waals surface area (Å²) in [5.74, 6) is 0. The normalized spacial score (nSPS) is 12.4. The van der Waals surface area contributed by atoms with Crippen molar-refractivity contribution in [3.63, 3.8) is 0 Å². The molecule has 1 aromatic rings. The Balaban J connectivity index is 2.79. The Morgan fingerprint density at radius 2 is 2.41 bits per heavy atom. The summed E-state index contributed by atoms with van der Waals surface area (Å²) in [5.41, 5.74) is -0.897. The van der Waals surface area contributed by atoms with Crippen LogP contribution in [-0.4, -0.2) is 38.8 Å². The van der Waals surface area contributed by atoms with Gasteiger partial charge in [-0.3, -0.25) is 14.7 Å². The van der Waals surface area contributed by atoms with Gasteiger partial charge in [-0.15, -0.1) is 0 Å². The molecule has 1 rings (SSSR count). The number of likely N-dealkylation sites (N-methyl/N-ethyl adjacent to an activating group) is 1. The average Bonchev–Trinajstić information content (AvgIpc) is 2.29. The molecule has 2 N–H and O–H groups in total. The van der Waals surface area contributed by atoms with Gasteiger partial charge in [-0.25, -0.2) is 4.79 Å². The maximum Gasteiger partial charge on any atom is 0.348 e. The number of hydrogen-bond acceptors (Lipinski definition) is 6. The third-order valence-corrected chi connectivity index (χ3v) is 2.09. The SMILES string of the molecule is CCNCC(O)Cn1cc([N+](=O)[O-])cnc1=O. The molecule has 0 aromatic carbocycles. The van der Waals surface area contributed by atoms with Gasteiger partial charge >= 0.3 is 11.4 Å². The summed E-state index contributed by atoms with van der Waals surface area (Å²) in [7, 11) is 0. The highest BCUT2D eigenvalue weighted by molar-refractivity contribution is 5.20. The zero-order valence-electron chi connectivity index (χ0n) is 9.37. The van der Waals surface area contributed by atoms with Crippen LogP contribution in [-0.2, 0) is 6.54 Å². The van der Waals surface area contributed by atoms with Crippen molar-refractivity contribution in [2.24, 2.45) is 0 Å². The highest BCUT2D eigenvalue weighted by Gasteiger charge is 2.11. The summed E-state index contributed by atoms with van der Waals surface area (Å²) in [6.45, 7) is 2.86. The van der Waals surface area contributed by atoms with E-state index in [1.54, 1.807) is 0 Å². The summed E-state index contributed by atoms with van der Waals surface area (Å²) in [5, 5.41) is 23.0. The minimum Gasteiger partial charge on any atom is -0.390 e. The van der Waals surface area contributed by atoms with E-state index in [-0.39, 0.29) is 12.2 Å². The fourth-order valence-electron chi connectivity index (χ4n) is 1.27. The summed E-state index contributed by atoms with van der Waals surface area (Å²) in [4.78, 5) is 24.5. The third kappa shape index (κ3) is 3.93. The van der Waals surface area contributed by atoms with Gasteiger partial charge in [-0.2, -0.15) is 4.98 Å². The summed E-state index contributed by atoms with van der Waals surface area (Å²) in [6.07, 6.45) is 1.18. The topological polar surface area (TPSA) is 110 Å². The fourth-order valence-corrected chi connectivity index (χ4v) is 1.27. The molecular weight excluding hydrogens is 228 g/mol. The van der Waals surface area contributed by atoms with Gasteiger partial charge in [0.25, 0.3) is 0 Å². The molecular formula is C9H14N4O4. The van der Waals surface area contributed by atoms with E-state index >= 15 is 0 Å². The first kappa shape index (κ1) is 13.3. The van der Waals surface area contributed by atoms with Crippen LogP contribution in [0.4, 0.5) is 5.69 Å². The Morgan fingerprint density at radius 3 is 3.00 bits per heavy atom. The van der Waals surface area contributed by atoms with Gasteiger partial charge in [0.05, 0.1) is 23.8 Å². The summed E-state index contributed by atoms with van der Waals surface area (Å²) < 4.78 is 1.03. The lowest BCUT2D eigenvalue weighted by Gasteiger charge is -2.11. The molecule has 0 spiro atoms. The van der Waals surface area contributed by atoms with Crippen molar-refractivity contribution in [2.75, 3.05) is 13.1 Å². The van der Waals surface area contributed by atoms with E-state index in [1.807, 2.05) is 6.92 Å². The molecule has 0 amide bonds. The maximum atomic E-state index is 11.3. The van der Waals surface area contributed by atoms with Crippen molar-refractivity contribution in [3.8, 4) is 0 Å². The first-order valence-electron chi connectivity index (χ1n) is 5.14. The van der Waals surface area contributed by atoms with E-state index < -0.39 is 16.7 Å². The van der Waals surface area contributed by atoms with Crippen LogP contribution in [0.1, 0.15) is 6.92 Å². The molecule has 0 aliphatic heterocycles. The van der Waals surface area contributed by atoms with Crippen molar-refractivity contribution in [1.82, 2.24) is 14.9 Å². The van der Waals surface area contributed by atoms with Crippen LogP contribution in [0.2, 0.25) is 0 Å². The van der Waals surface area contributed by atoms with Crippen LogP contribution < -0.4 is 11.0 Å². The molecule has 0 aliphatic carbocycles. The van der Waals surface area contributed by atoms with E-state index in [2.05, 4.69) is 10.3 Å². The van der Waals surface area contributed by atoms with E-state index in [9.17, 15) is 20.0 Å². The van der Waals surface area contributed by atoms with Crippen LogP contribution >= 0.6 is 0 Å². The molecule has 0 fully saturated rings. The lowest BCUT2D eigenvalue weighted by molar-refractivity contribution is -0.385. The Morgan fingerprint density at radius 1 is 1.71 bits per heavy atom. The number of rotatable bonds is 6. The first-order chi connectivity index (χ1) is 8.04. The average molecular weight is 242 g/mol. The zero-order chi connectivity index (χ0) is 12.8. The number of nitrogens with one attached hydrogen (secondary N) is 1. The van der Waals surface area contributed by atoms with Gasteiger partial charge in [-0.05, 0) is 6.54 Å². The Bertz CT molecular complexity index is 445. The van der Waals surface area contributed by atoms with E-state index in [1.165, 1.54) is 0 Å². The monoisotopic (exact) mass is 242 g/mol. The quantitative estimate of drug-likeness (QED) is 0.495. The molecule has 8 heteroatoms. The molecule has 0 saturated heterocycles. The van der Waals surface area contributed by atoms with E-state index in [0.29, 0.717) is 13.1 Å². The van der Waals surface area contributed by atoms with Crippen molar-refractivity contribution in [2.45, 2.75) is 19.6 Å². The van der Waals surface area contributed by atoms with Crippen LogP contribution in [0.25, 0.3) is 0 Å². The van der Waals surface area contributed by atoms with Crippen LogP contribution in [0.5, 0.6) is 0 Å². The van der Waals surface area contributed by atoms with Gasteiger partial charge in [-0.1, -0.05) is 6.92 Å². The molecule has 0 aliphatic rings. The Hall–Kier alpha value is -1.80. The predicted molar refractivity (Wildman–Crippen MR) is 59.7 cm³/mol. The van der Waals surface area contributed by atoms with Crippen molar-refractivity contribution >= 4 is 5.69 Å². The van der Waals surface area contributed by atoms with Crippen molar-refractivity contribution < 1.29 is 10.0 Å². The third-order valence-electron chi connectivity index (χ3n) is 2.09. The maximum absolute atomic E-state index is 11.3. The second-order valence-corrected chi connectivity index (χ2v) is 3.47. The molecule has 1 atom stereocenters. The number of nitrogens with zero attached hydrogens (tertiary/aromatic N) is 3. The Labute approximate surface area is 97.1 Å². The predicted octanol–water partition coefficient (Wildman–Crippen LogP) is -0.878. The molecule has 1 aromatic heterocycles. The second-order valence-electron chi connectivity index (χ2n) is 3.47. The highest BCUT2D eigenvalue weighted by Crippen LogP contribution is 2.04. The van der Waals surface area contributed by atoms with Crippen LogP contribution in [0.15, 0.2) is 17.2 Å². The fraction of sp³-hybridized carbons (Fsp3) is 0.556. The van der Waals surface area contributed by atoms with E-state index in [0.717, 1.165) is 17.0 Å². The molecule has 1 unspecified atom stereocenters. The lowest BCUT2D eigenvalue weighted by atomic mass is 10.3. The number of aliphatic hydroxyl groups is 1. The van der Waals surface area contributed by atoms with Gasteiger partial charge in [0.2, 0.25) is 0 Å². The molecule has 0 bridgehead atoms. The molecule has 8 nitrogen and oxygen atoms in total. The minimum absolute atomic E-state index is 0.0273. The highest BCUT2D eigenvalue weighted by atomic mass is 16.6. The molecule has 1 heterocycles. The van der Waals surface area contributed by atoms with Crippen molar-refractivity contribution in [3.05, 3.63) is 33.0 Å². The Kier molecular flexibility index (Phi) is 4.73. The number of aromatic nitrogens is 2. The van der Waals surface area contributed by atoms with Gasteiger partial charge in [0, 0.05) is 6.54 Å². The minimum atomic E-state index is -0.795. The van der Waals surface area contributed by atoms with Gasteiger partial charge < -0.3 is 10.4 Å². The molecule has 0 radical (unpaired) electrons. The number of aliphatic hydroxyl groups excluding tert-OH is 1. The molecule has 0 saturated carbocycles. The van der Waals surface area contributed by atoms with E-state index in [4.69, 9.17) is 0 Å². The van der Waals surface area contributed by atoms with Crippen LogP contribution in [0, 0.1) is 10.1 Å². The van der Waals surface area contributed by atoms with Crippen molar-refractivity contribution in [1.29, 1.82) is 0 Å². The lowest BCUT2D eigenvalue weighted by Crippen LogP contribution is -2.34. The van der Waals surface area contributed by atoms with Crippen LogP contribution in [0.3, 0.4) is 0 Å². The zero-order valence-corrected chi connectivity index (χ0v) is 9.37. The van der Waals surface area contributed by atoms with Gasteiger partial charge in [0.1, 0.15) is 6.20 Å². The van der Waals surface area contributed by atoms with Gasteiger partial charge in [0.15, 0.2) is 0 Å². The first-order valence-corrected chi connectivity index (χ1v) is 5.14. The number of hydrogen-bond donors (Lipinski definition) is 2. The standard InChI is InChI=1S/C9H14N4O4/c1-2-10-4-8(14)6-12-5-7(13(16)17)3-11-9(12)15/h3,5,8,10,14H,2,4,6H2,1H3. The smallest absolute Gasteiger partial charge is 0.348 e.